The molecular weight excluding hydrogens is 418 g/mol. The molecule has 1 aliphatic rings. The van der Waals surface area contributed by atoms with E-state index in [-0.39, 0.29) is 11.1 Å². The van der Waals surface area contributed by atoms with Crippen molar-refractivity contribution in [1.29, 1.82) is 0 Å². The molecular formula is C22H19N3O3S2. The van der Waals surface area contributed by atoms with Crippen molar-refractivity contribution in [2.45, 2.75) is 0 Å². The first-order valence-corrected chi connectivity index (χ1v) is 10.9. The molecule has 152 valence electrons. The summed E-state index contributed by atoms with van der Waals surface area (Å²) in [6, 6.07) is 17.6. The fraction of sp³-hybridized carbons (Fsp3) is 0.136. The topological polar surface area (TPSA) is 71.5 Å². The van der Waals surface area contributed by atoms with Gasteiger partial charge in [0.1, 0.15) is 12.4 Å². The minimum absolute atomic E-state index is 0.341. The molecule has 30 heavy (non-hydrogen) atoms. The normalized spacial score (nSPS) is 14.8. The summed E-state index contributed by atoms with van der Waals surface area (Å²) in [5, 5.41) is 2.85. The average Bonchev–Trinajstić information content (AvgIpc) is 3.37. The van der Waals surface area contributed by atoms with Crippen molar-refractivity contribution >= 4 is 45.5 Å². The number of hydrogen-bond acceptors (Lipinski definition) is 7. The van der Waals surface area contributed by atoms with Gasteiger partial charge in [0.15, 0.2) is 5.13 Å². The molecule has 1 fully saturated rings. The molecule has 2 aromatic carbocycles. The van der Waals surface area contributed by atoms with Gasteiger partial charge in [0.05, 0.1) is 16.3 Å². The quantitative estimate of drug-likeness (QED) is 0.543. The van der Waals surface area contributed by atoms with E-state index in [0.29, 0.717) is 18.1 Å². The van der Waals surface area contributed by atoms with Crippen LogP contribution in [0.2, 0.25) is 0 Å². The van der Waals surface area contributed by atoms with Crippen LogP contribution in [0.15, 0.2) is 65.7 Å². The van der Waals surface area contributed by atoms with Crippen molar-refractivity contribution in [1.82, 2.24) is 10.3 Å². The largest absolute Gasteiger partial charge is 0.492 e. The predicted octanol–water partition coefficient (Wildman–Crippen LogP) is 4.65. The zero-order valence-corrected chi connectivity index (χ0v) is 17.8. The third-order valence-corrected chi connectivity index (χ3v) is 6.36. The summed E-state index contributed by atoms with van der Waals surface area (Å²) < 4.78 is 5.83. The zero-order chi connectivity index (χ0) is 20.9. The summed E-state index contributed by atoms with van der Waals surface area (Å²) in [7, 11) is 2.00. The molecule has 0 saturated carbocycles. The number of rotatable bonds is 7. The van der Waals surface area contributed by atoms with Gasteiger partial charge < -0.3 is 9.64 Å². The van der Waals surface area contributed by atoms with Gasteiger partial charge >= 0.3 is 0 Å². The molecule has 6 nitrogen and oxygen atoms in total. The Morgan fingerprint density at radius 1 is 1.10 bits per heavy atom. The van der Waals surface area contributed by atoms with E-state index in [1.54, 1.807) is 17.4 Å². The van der Waals surface area contributed by atoms with Gasteiger partial charge in [0, 0.05) is 13.2 Å². The standard InChI is InChI=1S/C22H19N3O3S2/c1-25(21-23-14-19(29-21)16-5-3-2-4-6-16)11-12-28-17-9-7-15(8-10-17)13-18-20(26)24-22(27)30-18/h2-10,13-14H,11-12H2,1H3,(H,24,26,27). The van der Waals surface area contributed by atoms with Crippen molar-refractivity contribution < 1.29 is 14.3 Å². The number of aromatic nitrogens is 1. The average molecular weight is 438 g/mol. The summed E-state index contributed by atoms with van der Waals surface area (Å²) in [5.74, 6) is 0.389. The van der Waals surface area contributed by atoms with Gasteiger partial charge in [0.2, 0.25) is 0 Å². The molecule has 0 bridgehead atoms. The molecule has 0 atom stereocenters. The number of carbonyl (C=O) groups is 2. The number of hydrogen-bond donors (Lipinski definition) is 1. The Morgan fingerprint density at radius 2 is 1.87 bits per heavy atom. The van der Waals surface area contributed by atoms with E-state index in [1.807, 2.05) is 55.7 Å². The number of anilines is 1. The van der Waals surface area contributed by atoms with E-state index >= 15 is 0 Å². The number of likely N-dealkylation sites (N-methyl/N-ethyl adjacent to an activating group) is 1. The number of thiazole rings is 1. The molecule has 8 heteroatoms. The number of thioether (sulfide) groups is 1. The lowest BCUT2D eigenvalue weighted by atomic mass is 10.2. The fourth-order valence-electron chi connectivity index (χ4n) is 2.81. The van der Waals surface area contributed by atoms with Crippen LogP contribution in [0.5, 0.6) is 5.75 Å². The number of nitrogens with zero attached hydrogens (tertiary/aromatic N) is 2. The van der Waals surface area contributed by atoms with Crippen LogP contribution < -0.4 is 15.0 Å². The van der Waals surface area contributed by atoms with Crippen LogP contribution in [0.3, 0.4) is 0 Å². The molecule has 0 aliphatic carbocycles. The molecule has 0 unspecified atom stereocenters. The first-order valence-electron chi connectivity index (χ1n) is 9.28. The Morgan fingerprint density at radius 3 is 2.57 bits per heavy atom. The van der Waals surface area contributed by atoms with Gasteiger partial charge in [-0.2, -0.15) is 0 Å². The number of carbonyl (C=O) groups excluding carboxylic acids is 2. The molecule has 4 rings (SSSR count). The van der Waals surface area contributed by atoms with Crippen LogP contribution >= 0.6 is 23.1 Å². The summed E-state index contributed by atoms with van der Waals surface area (Å²) in [6.45, 7) is 1.22. The highest BCUT2D eigenvalue weighted by Crippen LogP contribution is 2.30. The van der Waals surface area contributed by atoms with E-state index in [2.05, 4.69) is 27.3 Å². The molecule has 1 saturated heterocycles. The molecule has 3 aromatic rings. The highest BCUT2D eigenvalue weighted by atomic mass is 32.2. The Balaban J connectivity index is 1.29. The second-order valence-corrected chi connectivity index (χ2v) is 8.59. The van der Waals surface area contributed by atoms with E-state index in [9.17, 15) is 9.59 Å². The van der Waals surface area contributed by atoms with Gasteiger partial charge in [0.25, 0.3) is 11.1 Å². The number of imide groups is 1. The maximum absolute atomic E-state index is 11.6. The molecule has 1 aromatic heterocycles. The fourth-order valence-corrected chi connectivity index (χ4v) is 4.40. The Labute approximate surface area is 182 Å². The number of nitrogens with one attached hydrogen (secondary N) is 1. The Bertz CT molecular complexity index is 1080. The van der Waals surface area contributed by atoms with Crippen LogP contribution in [0.4, 0.5) is 9.93 Å². The molecule has 2 heterocycles. The minimum Gasteiger partial charge on any atom is -0.492 e. The molecule has 1 N–H and O–H groups in total. The van der Waals surface area contributed by atoms with Crippen LogP contribution in [0.25, 0.3) is 16.5 Å². The van der Waals surface area contributed by atoms with Gasteiger partial charge in [-0.05, 0) is 41.1 Å². The van der Waals surface area contributed by atoms with Crippen LogP contribution in [0, 0.1) is 0 Å². The number of ether oxygens (including phenoxy) is 1. The van der Waals surface area contributed by atoms with Crippen molar-refractivity contribution in [3.63, 3.8) is 0 Å². The monoisotopic (exact) mass is 437 g/mol. The molecule has 0 radical (unpaired) electrons. The number of amides is 2. The van der Waals surface area contributed by atoms with Crippen molar-refractivity contribution in [2.75, 3.05) is 25.1 Å². The second kappa shape index (κ2) is 9.15. The van der Waals surface area contributed by atoms with E-state index in [4.69, 9.17) is 4.74 Å². The SMILES string of the molecule is CN(CCOc1ccc(C=C2SC(=O)NC2=O)cc1)c1ncc(-c2ccccc2)s1. The minimum atomic E-state index is -0.356. The van der Waals surface area contributed by atoms with E-state index in [1.165, 1.54) is 5.56 Å². The van der Waals surface area contributed by atoms with E-state index in [0.717, 1.165) is 33.1 Å². The third kappa shape index (κ3) is 4.90. The number of benzene rings is 2. The second-order valence-electron chi connectivity index (χ2n) is 6.56. The first-order chi connectivity index (χ1) is 14.6. The predicted molar refractivity (Wildman–Crippen MR) is 122 cm³/mol. The van der Waals surface area contributed by atoms with Crippen molar-refractivity contribution in [2.24, 2.45) is 0 Å². The lowest BCUT2D eigenvalue weighted by Gasteiger charge is -2.16. The molecule has 1 aliphatic heterocycles. The smallest absolute Gasteiger partial charge is 0.290 e. The Kier molecular flexibility index (Phi) is 6.15. The van der Waals surface area contributed by atoms with Crippen LogP contribution in [-0.2, 0) is 4.79 Å². The van der Waals surface area contributed by atoms with Crippen LogP contribution in [-0.4, -0.2) is 36.3 Å². The molecule has 0 spiro atoms. The Hall–Kier alpha value is -3.10. The highest BCUT2D eigenvalue weighted by molar-refractivity contribution is 8.18. The van der Waals surface area contributed by atoms with Crippen LogP contribution in [0.1, 0.15) is 5.56 Å². The third-order valence-electron chi connectivity index (χ3n) is 4.39. The lowest BCUT2D eigenvalue weighted by Crippen LogP contribution is -2.23. The highest BCUT2D eigenvalue weighted by Gasteiger charge is 2.24. The van der Waals surface area contributed by atoms with E-state index < -0.39 is 0 Å². The van der Waals surface area contributed by atoms with Gasteiger partial charge in [-0.3, -0.25) is 14.9 Å². The zero-order valence-electron chi connectivity index (χ0n) is 16.2. The van der Waals surface area contributed by atoms with Crippen molar-refractivity contribution in [3.05, 3.63) is 71.3 Å². The van der Waals surface area contributed by atoms with Crippen molar-refractivity contribution in [3.8, 4) is 16.2 Å². The summed E-state index contributed by atoms with van der Waals surface area (Å²) in [6.07, 6.45) is 3.59. The summed E-state index contributed by atoms with van der Waals surface area (Å²) >= 11 is 2.56. The van der Waals surface area contributed by atoms with Gasteiger partial charge in [-0.1, -0.05) is 53.8 Å². The van der Waals surface area contributed by atoms with Gasteiger partial charge in [-0.25, -0.2) is 4.98 Å². The maximum Gasteiger partial charge on any atom is 0.290 e. The summed E-state index contributed by atoms with van der Waals surface area (Å²) in [4.78, 5) is 30.9. The first kappa shape index (κ1) is 20.2. The maximum atomic E-state index is 11.6. The van der Waals surface area contributed by atoms with Gasteiger partial charge in [-0.15, -0.1) is 0 Å². The lowest BCUT2D eigenvalue weighted by molar-refractivity contribution is -0.115. The summed E-state index contributed by atoms with van der Waals surface area (Å²) in [5.41, 5.74) is 2.00. The molecule has 2 amide bonds.